The third-order valence-electron chi connectivity index (χ3n) is 4.85. The molecule has 0 amide bonds. The van der Waals surface area contributed by atoms with Crippen LogP contribution in [0.2, 0.25) is 0 Å². The minimum atomic E-state index is 0.589. The molecule has 7 heteroatoms. The number of nitrogens with zero attached hydrogens (tertiary/aromatic N) is 3. The molecule has 3 rings (SSSR count). The molecule has 1 heterocycles. The van der Waals surface area contributed by atoms with E-state index in [0.717, 1.165) is 53.9 Å². The molecule has 0 bridgehead atoms. The summed E-state index contributed by atoms with van der Waals surface area (Å²) < 4.78 is 13.1. The molecular weight excluding hydrogens is 366 g/mol. The first kappa shape index (κ1) is 20.5. The summed E-state index contributed by atoms with van der Waals surface area (Å²) in [6.07, 6.45) is 0.963. The fraction of sp³-hybridized carbons (Fsp3) is 0.364. The maximum atomic E-state index is 5.49. The van der Waals surface area contributed by atoms with Crippen molar-refractivity contribution in [3.8, 4) is 11.5 Å². The largest absolute Gasteiger partial charge is 0.493 e. The Labute approximate surface area is 171 Å². The third kappa shape index (κ3) is 4.80. The van der Waals surface area contributed by atoms with E-state index in [4.69, 9.17) is 9.47 Å². The Morgan fingerprint density at radius 3 is 2.66 bits per heavy atom. The van der Waals surface area contributed by atoms with Gasteiger partial charge in [-0.2, -0.15) is 0 Å². The lowest BCUT2D eigenvalue weighted by atomic mass is 10.2. The highest BCUT2D eigenvalue weighted by Crippen LogP contribution is 2.30. The Hall–Kier alpha value is -3.22. The number of nitrogens with one attached hydrogen (secondary N) is 2. The van der Waals surface area contributed by atoms with Gasteiger partial charge in [0, 0.05) is 32.2 Å². The van der Waals surface area contributed by atoms with Crippen LogP contribution >= 0.6 is 0 Å². The van der Waals surface area contributed by atoms with Gasteiger partial charge >= 0.3 is 0 Å². The Morgan fingerprint density at radius 2 is 1.90 bits per heavy atom. The number of aryl methyl sites for hydroxylation is 2. The molecule has 154 valence electrons. The van der Waals surface area contributed by atoms with Gasteiger partial charge in [0.25, 0.3) is 0 Å². The highest BCUT2D eigenvalue weighted by atomic mass is 16.5. The summed E-state index contributed by atoms with van der Waals surface area (Å²) in [5.74, 6) is 3.25. The van der Waals surface area contributed by atoms with Crippen LogP contribution in [0.4, 0.5) is 0 Å². The summed E-state index contributed by atoms with van der Waals surface area (Å²) in [6, 6.07) is 14.1. The van der Waals surface area contributed by atoms with Gasteiger partial charge in [-0.05, 0) is 31.5 Å². The van der Waals surface area contributed by atoms with E-state index in [-0.39, 0.29) is 0 Å². The minimum Gasteiger partial charge on any atom is -0.493 e. The molecule has 0 fully saturated rings. The third-order valence-corrected chi connectivity index (χ3v) is 4.85. The lowest BCUT2D eigenvalue weighted by molar-refractivity contribution is 0.351. The summed E-state index contributed by atoms with van der Waals surface area (Å²) in [5.41, 5.74) is 3.23. The number of imidazole rings is 1. The van der Waals surface area contributed by atoms with Crippen molar-refractivity contribution in [2.24, 2.45) is 4.99 Å². The van der Waals surface area contributed by atoms with Gasteiger partial charge in [-0.25, -0.2) is 4.98 Å². The average molecular weight is 396 g/mol. The van der Waals surface area contributed by atoms with E-state index in [1.807, 2.05) is 24.3 Å². The number of benzene rings is 2. The monoisotopic (exact) mass is 395 g/mol. The van der Waals surface area contributed by atoms with Crippen molar-refractivity contribution in [2.45, 2.75) is 26.4 Å². The van der Waals surface area contributed by atoms with Gasteiger partial charge in [-0.1, -0.05) is 24.3 Å². The van der Waals surface area contributed by atoms with Gasteiger partial charge in [0.2, 0.25) is 0 Å². The lowest BCUT2D eigenvalue weighted by Crippen LogP contribution is -2.37. The molecular formula is C22H29N5O2. The highest BCUT2D eigenvalue weighted by Gasteiger charge is 2.10. The van der Waals surface area contributed by atoms with Crippen LogP contribution in [0, 0.1) is 6.92 Å². The highest BCUT2D eigenvalue weighted by molar-refractivity contribution is 5.79. The van der Waals surface area contributed by atoms with Gasteiger partial charge in [-0.3, -0.25) is 4.99 Å². The summed E-state index contributed by atoms with van der Waals surface area (Å²) in [5, 5.41) is 6.70. The molecule has 0 spiro atoms. The molecule has 29 heavy (non-hydrogen) atoms. The van der Waals surface area contributed by atoms with Crippen LogP contribution in [0.1, 0.15) is 17.8 Å². The number of hydrogen-bond donors (Lipinski definition) is 2. The van der Waals surface area contributed by atoms with Gasteiger partial charge < -0.3 is 24.7 Å². The van der Waals surface area contributed by atoms with Crippen molar-refractivity contribution in [1.29, 1.82) is 0 Å². The van der Waals surface area contributed by atoms with Gasteiger partial charge in [0.15, 0.2) is 17.5 Å². The van der Waals surface area contributed by atoms with Crippen LogP contribution < -0.4 is 20.1 Å². The first-order valence-corrected chi connectivity index (χ1v) is 9.74. The van der Waals surface area contributed by atoms with Crippen molar-refractivity contribution in [2.75, 3.05) is 27.8 Å². The van der Waals surface area contributed by atoms with Gasteiger partial charge in [-0.15, -0.1) is 0 Å². The molecule has 7 nitrogen and oxygen atoms in total. The number of rotatable bonds is 8. The molecule has 2 N–H and O–H groups in total. The molecule has 2 aromatic carbocycles. The fourth-order valence-corrected chi connectivity index (χ4v) is 3.41. The number of ether oxygens (including phenoxy) is 2. The molecule has 0 aliphatic rings. The molecule has 0 saturated carbocycles. The van der Waals surface area contributed by atoms with Crippen molar-refractivity contribution in [1.82, 2.24) is 20.2 Å². The first-order chi connectivity index (χ1) is 14.2. The SMILES string of the molecule is CN=C(NCCCn1c(C)nc2ccccc21)NCc1cccc(OC)c1OC. The van der Waals surface area contributed by atoms with E-state index >= 15 is 0 Å². The second kappa shape index (κ2) is 9.82. The molecule has 0 aliphatic heterocycles. The number of methoxy groups -OCH3 is 2. The van der Waals surface area contributed by atoms with Crippen molar-refractivity contribution < 1.29 is 9.47 Å². The first-order valence-electron chi connectivity index (χ1n) is 9.74. The van der Waals surface area contributed by atoms with Gasteiger partial charge in [0.05, 0.1) is 25.3 Å². The quantitative estimate of drug-likeness (QED) is 0.348. The lowest BCUT2D eigenvalue weighted by Gasteiger charge is -2.15. The molecule has 0 unspecified atom stereocenters. The van der Waals surface area contributed by atoms with E-state index in [1.54, 1.807) is 21.3 Å². The molecule has 0 saturated heterocycles. The van der Waals surface area contributed by atoms with Crippen molar-refractivity contribution >= 4 is 17.0 Å². The Morgan fingerprint density at radius 1 is 1.07 bits per heavy atom. The number of guanidine groups is 1. The predicted molar refractivity (Wildman–Crippen MR) is 117 cm³/mol. The fourth-order valence-electron chi connectivity index (χ4n) is 3.41. The number of aliphatic imine (C=N–C) groups is 1. The minimum absolute atomic E-state index is 0.589. The molecule has 0 aliphatic carbocycles. The van der Waals surface area contributed by atoms with Crippen molar-refractivity contribution in [3.63, 3.8) is 0 Å². The number of hydrogen-bond acceptors (Lipinski definition) is 4. The van der Waals surface area contributed by atoms with E-state index in [0.29, 0.717) is 6.54 Å². The van der Waals surface area contributed by atoms with Gasteiger partial charge in [0.1, 0.15) is 5.82 Å². The smallest absolute Gasteiger partial charge is 0.191 e. The Balaban J connectivity index is 1.52. The number of para-hydroxylation sites is 3. The molecule has 3 aromatic rings. The van der Waals surface area contributed by atoms with E-state index in [9.17, 15) is 0 Å². The van der Waals surface area contributed by atoms with Crippen LogP contribution in [-0.4, -0.2) is 43.3 Å². The van der Waals surface area contributed by atoms with E-state index in [1.165, 1.54) is 5.52 Å². The van der Waals surface area contributed by atoms with Crippen LogP contribution in [0.3, 0.4) is 0 Å². The summed E-state index contributed by atoms with van der Waals surface area (Å²) >= 11 is 0. The summed E-state index contributed by atoms with van der Waals surface area (Å²) in [7, 11) is 5.06. The molecule has 1 aromatic heterocycles. The summed E-state index contributed by atoms with van der Waals surface area (Å²) in [6.45, 7) is 4.35. The standard InChI is InChI=1S/C22H29N5O2/c1-16-26-18-10-5-6-11-19(18)27(16)14-8-13-24-22(23-2)25-15-17-9-7-12-20(28-3)21(17)29-4/h5-7,9-12H,8,13-15H2,1-4H3,(H2,23,24,25). The zero-order valence-electron chi connectivity index (χ0n) is 17.5. The maximum absolute atomic E-state index is 5.49. The number of fused-ring (bicyclic) bond motifs is 1. The second-order valence-corrected chi connectivity index (χ2v) is 6.66. The van der Waals surface area contributed by atoms with E-state index < -0.39 is 0 Å². The predicted octanol–water partition coefficient (Wildman–Crippen LogP) is 3.12. The Kier molecular flexibility index (Phi) is 6.94. The van der Waals surface area contributed by atoms with Crippen LogP contribution in [0.5, 0.6) is 11.5 Å². The topological polar surface area (TPSA) is 72.7 Å². The Bertz CT molecular complexity index is 980. The zero-order valence-corrected chi connectivity index (χ0v) is 17.5. The van der Waals surface area contributed by atoms with Crippen LogP contribution in [-0.2, 0) is 13.1 Å². The van der Waals surface area contributed by atoms with Crippen LogP contribution in [0.25, 0.3) is 11.0 Å². The maximum Gasteiger partial charge on any atom is 0.191 e. The second-order valence-electron chi connectivity index (χ2n) is 6.66. The van der Waals surface area contributed by atoms with Crippen LogP contribution in [0.15, 0.2) is 47.5 Å². The summed E-state index contributed by atoms with van der Waals surface area (Å²) in [4.78, 5) is 8.93. The normalized spacial score (nSPS) is 11.5. The van der Waals surface area contributed by atoms with Crippen molar-refractivity contribution in [3.05, 3.63) is 53.9 Å². The molecule has 0 atom stereocenters. The van der Waals surface area contributed by atoms with E-state index in [2.05, 4.69) is 50.3 Å². The zero-order chi connectivity index (χ0) is 20.6. The average Bonchev–Trinajstić information content (AvgIpc) is 3.07. The number of aromatic nitrogens is 2. The molecule has 0 radical (unpaired) electrons.